The van der Waals surface area contributed by atoms with Crippen LogP contribution in [0.3, 0.4) is 0 Å². The molecule has 0 aliphatic carbocycles. The third-order valence-corrected chi connectivity index (χ3v) is 6.94. The average molecular weight is 526 g/mol. The molecule has 1 aliphatic rings. The van der Waals surface area contributed by atoms with Crippen molar-refractivity contribution >= 4 is 11.7 Å². The number of nitrogens with two attached hydrogens (primary N) is 1. The van der Waals surface area contributed by atoms with Crippen molar-refractivity contribution in [2.24, 2.45) is 5.73 Å². The van der Waals surface area contributed by atoms with Crippen LogP contribution < -0.4 is 20.4 Å². The maximum absolute atomic E-state index is 14.8. The third kappa shape index (κ3) is 6.49. The van der Waals surface area contributed by atoms with E-state index in [4.69, 9.17) is 15.5 Å². The first-order chi connectivity index (χ1) is 19.1. The molecule has 3 aromatic carbocycles. The van der Waals surface area contributed by atoms with Crippen LogP contribution in [0.4, 0.5) is 10.2 Å². The van der Waals surface area contributed by atoms with Gasteiger partial charge in [0.1, 0.15) is 17.6 Å². The molecule has 0 bridgehead atoms. The lowest BCUT2D eigenvalue weighted by Crippen LogP contribution is -2.44. The fourth-order valence-electron chi connectivity index (χ4n) is 4.88. The van der Waals surface area contributed by atoms with Crippen LogP contribution in [0.5, 0.6) is 5.75 Å². The molecule has 1 aromatic heterocycles. The van der Waals surface area contributed by atoms with Crippen LogP contribution in [-0.2, 0) is 12.8 Å². The van der Waals surface area contributed by atoms with Gasteiger partial charge in [-0.05, 0) is 42.6 Å². The van der Waals surface area contributed by atoms with Gasteiger partial charge in [-0.2, -0.15) is 4.57 Å². The quantitative estimate of drug-likeness (QED) is 0.193. The first kappa shape index (κ1) is 26.5. The summed E-state index contributed by atoms with van der Waals surface area (Å²) in [6.45, 7) is 1.16. The maximum Gasteiger partial charge on any atom is 0.359 e. The zero-order valence-corrected chi connectivity index (χ0v) is 22.0. The van der Waals surface area contributed by atoms with Gasteiger partial charge >= 0.3 is 11.7 Å². The summed E-state index contributed by atoms with van der Waals surface area (Å²) in [5.74, 6) is 0.423. The molecule has 0 amide bonds. The number of fused-ring (bicyclic) bond motifs is 1. The Morgan fingerprint density at radius 1 is 0.923 bits per heavy atom. The number of carbonyl (C=O) groups is 1. The van der Waals surface area contributed by atoms with E-state index in [-0.39, 0.29) is 11.7 Å². The number of halogens is 1. The molecule has 0 radical (unpaired) electrons. The molecule has 200 valence electrons. The van der Waals surface area contributed by atoms with Crippen molar-refractivity contribution in [1.82, 2.24) is 4.98 Å². The van der Waals surface area contributed by atoms with E-state index in [1.807, 2.05) is 54.6 Å². The fraction of sp³-hybridized carbons (Fsp3) is 0.281. The molecular formula is C32H34FN4O2+. The average Bonchev–Trinajstić information content (AvgIpc) is 3.27. The van der Waals surface area contributed by atoms with Crippen LogP contribution in [0.2, 0.25) is 0 Å². The number of rotatable bonds is 12. The highest BCUT2D eigenvalue weighted by Crippen LogP contribution is 2.26. The molecule has 1 unspecified atom stereocenters. The Hall–Kier alpha value is -4.10. The fourth-order valence-corrected chi connectivity index (χ4v) is 4.88. The molecule has 2 heterocycles. The zero-order chi connectivity index (χ0) is 27.0. The molecule has 1 atom stereocenters. The number of carbonyl (C=O) groups excluding carboxylic acids is 1. The minimum Gasteiger partial charge on any atom is -0.491 e. The molecule has 7 heteroatoms. The summed E-state index contributed by atoms with van der Waals surface area (Å²) in [5.41, 5.74) is 9.81. The predicted molar refractivity (Wildman–Crippen MR) is 150 cm³/mol. The van der Waals surface area contributed by atoms with Crippen LogP contribution in [0.15, 0.2) is 85.1 Å². The maximum atomic E-state index is 14.8. The van der Waals surface area contributed by atoms with Crippen molar-refractivity contribution in [2.45, 2.75) is 44.6 Å². The normalized spacial score (nSPS) is 14.2. The Labute approximate surface area is 228 Å². The van der Waals surface area contributed by atoms with Crippen molar-refractivity contribution in [1.29, 1.82) is 0 Å². The number of unbranched alkanes of at least 4 members (excludes halogenated alkanes) is 3. The SMILES string of the molecule is NCCCCCCOc1ccc(CC2Nc3c(Cc4ccccc4)nc(-c4ccccc4)c[n+]3C2=O)cc1F. The van der Waals surface area contributed by atoms with Gasteiger partial charge in [0.25, 0.3) is 0 Å². The lowest BCUT2D eigenvalue weighted by atomic mass is 10.1. The van der Waals surface area contributed by atoms with Gasteiger partial charge in [-0.3, -0.25) is 5.32 Å². The van der Waals surface area contributed by atoms with Crippen LogP contribution in [-0.4, -0.2) is 30.1 Å². The van der Waals surface area contributed by atoms with Crippen molar-refractivity contribution < 1.29 is 18.5 Å². The molecule has 0 saturated carbocycles. The van der Waals surface area contributed by atoms with Crippen molar-refractivity contribution in [3.63, 3.8) is 0 Å². The van der Waals surface area contributed by atoms with E-state index < -0.39 is 11.9 Å². The molecule has 0 spiro atoms. The van der Waals surface area contributed by atoms with Crippen LogP contribution >= 0.6 is 0 Å². The summed E-state index contributed by atoms with van der Waals surface area (Å²) in [4.78, 5) is 18.5. The number of aromatic nitrogens is 2. The standard InChI is InChI=1S/C32H33FN4O2/c33-26-19-24(15-16-30(26)39-18-10-2-1-9-17-34)21-28-32(38)37-22-29(25-13-7-4-8-14-25)35-27(31(37)36-28)20-23-11-5-3-6-12-23/h3-8,11-16,19,22,28H,1-2,9-10,17-18,20-21,34H2/p+1. The first-order valence-corrected chi connectivity index (χ1v) is 13.6. The van der Waals surface area contributed by atoms with Crippen molar-refractivity contribution in [2.75, 3.05) is 18.5 Å². The second kappa shape index (κ2) is 12.6. The summed E-state index contributed by atoms with van der Waals surface area (Å²) in [6.07, 6.45) is 6.65. The van der Waals surface area contributed by atoms with Crippen molar-refractivity contribution in [3.8, 4) is 17.0 Å². The van der Waals surface area contributed by atoms with Gasteiger partial charge < -0.3 is 10.5 Å². The largest absolute Gasteiger partial charge is 0.491 e. The Morgan fingerprint density at radius 3 is 2.41 bits per heavy atom. The van der Waals surface area contributed by atoms with Gasteiger partial charge in [0, 0.05) is 18.4 Å². The predicted octanol–water partition coefficient (Wildman–Crippen LogP) is 5.34. The molecule has 5 rings (SSSR count). The van der Waals surface area contributed by atoms with E-state index in [1.54, 1.807) is 16.8 Å². The lowest BCUT2D eigenvalue weighted by Gasteiger charge is -2.09. The van der Waals surface area contributed by atoms with E-state index in [2.05, 4.69) is 17.4 Å². The summed E-state index contributed by atoms with van der Waals surface area (Å²) in [5, 5.41) is 3.38. The van der Waals surface area contributed by atoms with E-state index in [0.29, 0.717) is 31.8 Å². The second-order valence-corrected chi connectivity index (χ2v) is 9.88. The summed E-state index contributed by atoms with van der Waals surface area (Å²) in [6, 6.07) is 24.3. The molecule has 1 aliphatic heterocycles. The van der Waals surface area contributed by atoms with E-state index in [0.717, 1.165) is 53.8 Å². The third-order valence-electron chi connectivity index (χ3n) is 6.94. The Morgan fingerprint density at radius 2 is 1.67 bits per heavy atom. The van der Waals surface area contributed by atoms with Gasteiger partial charge in [0.05, 0.1) is 6.61 Å². The van der Waals surface area contributed by atoms with E-state index >= 15 is 0 Å². The molecule has 0 fully saturated rings. The van der Waals surface area contributed by atoms with Gasteiger partial charge in [0.15, 0.2) is 17.6 Å². The number of anilines is 1. The Balaban J connectivity index is 1.33. The molecule has 39 heavy (non-hydrogen) atoms. The molecule has 0 saturated heterocycles. The van der Waals surface area contributed by atoms with E-state index in [9.17, 15) is 9.18 Å². The van der Waals surface area contributed by atoms with Gasteiger partial charge in [-0.15, -0.1) is 0 Å². The second-order valence-electron chi connectivity index (χ2n) is 9.88. The lowest BCUT2D eigenvalue weighted by molar-refractivity contribution is -0.552. The number of hydrogen-bond donors (Lipinski definition) is 2. The van der Waals surface area contributed by atoms with Crippen molar-refractivity contribution in [3.05, 3.63) is 108 Å². The van der Waals surface area contributed by atoms with Crippen LogP contribution in [0.1, 0.15) is 47.3 Å². The Kier molecular flexibility index (Phi) is 8.58. The van der Waals surface area contributed by atoms with Crippen LogP contribution in [0, 0.1) is 5.82 Å². The summed E-state index contributed by atoms with van der Waals surface area (Å²) in [7, 11) is 0. The van der Waals surface area contributed by atoms with Gasteiger partial charge in [-0.1, -0.05) is 79.6 Å². The molecule has 4 aromatic rings. The topological polar surface area (TPSA) is 81.1 Å². The first-order valence-electron chi connectivity index (χ1n) is 13.6. The van der Waals surface area contributed by atoms with Crippen LogP contribution in [0.25, 0.3) is 11.3 Å². The number of ether oxygens (including phenoxy) is 1. The smallest absolute Gasteiger partial charge is 0.359 e. The highest BCUT2D eigenvalue weighted by atomic mass is 19.1. The van der Waals surface area contributed by atoms with Gasteiger partial charge in [-0.25, -0.2) is 14.2 Å². The van der Waals surface area contributed by atoms with E-state index in [1.165, 1.54) is 6.07 Å². The molecule has 6 nitrogen and oxygen atoms in total. The Bertz CT molecular complexity index is 1410. The summed E-state index contributed by atoms with van der Waals surface area (Å²) < 4.78 is 22.1. The highest BCUT2D eigenvalue weighted by molar-refractivity contribution is 5.82. The highest BCUT2D eigenvalue weighted by Gasteiger charge is 2.41. The number of nitrogens with one attached hydrogen (secondary N) is 1. The summed E-state index contributed by atoms with van der Waals surface area (Å²) >= 11 is 0. The number of benzene rings is 3. The molecule has 3 N–H and O–H groups in total. The minimum absolute atomic E-state index is 0.0860. The monoisotopic (exact) mass is 525 g/mol. The zero-order valence-electron chi connectivity index (χ0n) is 22.0. The van der Waals surface area contributed by atoms with Gasteiger partial charge in [0.2, 0.25) is 0 Å². The number of nitrogens with zero attached hydrogens (tertiary/aromatic N) is 2. The number of hydrogen-bond acceptors (Lipinski definition) is 5. The minimum atomic E-state index is -0.527. The molecular weight excluding hydrogens is 491 g/mol.